The number of anilines is 1. The Morgan fingerprint density at radius 3 is 2.53 bits per heavy atom. The number of hydrogen-bond acceptors (Lipinski definition) is 7. The van der Waals surface area contributed by atoms with Crippen LogP contribution in [0.2, 0.25) is 0 Å². The van der Waals surface area contributed by atoms with Crippen LogP contribution in [0, 0.1) is 6.92 Å². The number of benzene rings is 2. The van der Waals surface area contributed by atoms with Crippen LogP contribution in [0.4, 0.5) is 5.69 Å². The minimum atomic E-state index is -2.16. The van der Waals surface area contributed by atoms with E-state index in [1.54, 1.807) is 36.1 Å². The molecule has 3 aromatic rings. The van der Waals surface area contributed by atoms with Crippen LogP contribution >= 0.6 is 0 Å². The molecule has 190 valence electrons. The van der Waals surface area contributed by atoms with Crippen molar-refractivity contribution >= 4 is 39.5 Å². The third-order valence-electron chi connectivity index (χ3n) is 6.38. The smallest absolute Gasteiger partial charge is 0.261 e. The molecule has 2 amide bonds. The lowest BCUT2D eigenvalue weighted by atomic mass is 10.1. The van der Waals surface area contributed by atoms with Gasteiger partial charge in [-0.1, -0.05) is 29.3 Å². The summed E-state index contributed by atoms with van der Waals surface area (Å²) in [4.78, 5) is 45.5. The van der Waals surface area contributed by atoms with Crippen molar-refractivity contribution in [1.82, 2.24) is 19.8 Å². The Hall–Kier alpha value is -3.57. The van der Waals surface area contributed by atoms with Crippen molar-refractivity contribution in [2.45, 2.75) is 32.7 Å². The van der Waals surface area contributed by atoms with Crippen molar-refractivity contribution in [2.75, 3.05) is 31.1 Å². The number of hydrogen-bond donors (Lipinski definition) is 1. The van der Waals surface area contributed by atoms with Gasteiger partial charge in [-0.15, -0.1) is 0 Å². The Balaban J connectivity index is 1.42. The SMILES string of the molecule is CC(=O)N1CCN(c2ccc3ncn(CC(=O)NCc4ccc(CS(=O)[O-])c(C)c4)c(=O)c3c2)CC1. The van der Waals surface area contributed by atoms with Crippen molar-refractivity contribution in [3.8, 4) is 0 Å². The zero-order chi connectivity index (χ0) is 25.8. The number of nitrogens with zero attached hydrogens (tertiary/aromatic N) is 4. The molecule has 1 N–H and O–H groups in total. The van der Waals surface area contributed by atoms with E-state index in [1.165, 1.54) is 10.9 Å². The third-order valence-corrected chi connectivity index (χ3v) is 6.93. The van der Waals surface area contributed by atoms with Crippen LogP contribution in [-0.2, 0) is 39.5 Å². The van der Waals surface area contributed by atoms with Crippen LogP contribution < -0.4 is 15.8 Å². The Kier molecular flexibility index (Phi) is 7.80. The summed E-state index contributed by atoms with van der Waals surface area (Å²) in [6.07, 6.45) is 1.37. The van der Waals surface area contributed by atoms with Crippen molar-refractivity contribution in [2.24, 2.45) is 0 Å². The van der Waals surface area contributed by atoms with Crippen LogP contribution in [0.3, 0.4) is 0 Å². The number of nitrogens with one attached hydrogen (secondary N) is 1. The lowest BCUT2D eigenvalue weighted by Gasteiger charge is -2.35. The van der Waals surface area contributed by atoms with Gasteiger partial charge in [0.05, 0.1) is 17.2 Å². The number of aryl methyl sites for hydroxylation is 1. The molecule has 0 spiro atoms. The average Bonchev–Trinajstić information content (AvgIpc) is 2.85. The van der Waals surface area contributed by atoms with Gasteiger partial charge < -0.3 is 19.7 Å². The van der Waals surface area contributed by atoms with E-state index in [0.717, 1.165) is 16.8 Å². The quantitative estimate of drug-likeness (QED) is 0.471. The average molecular weight is 511 g/mol. The summed E-state index contributed by atoms with van der Waals surface area (Å²) in [5, 5.41) is 3.23. The van der Waals surface area contributed by atoms with Crippen molar-refractivity contribution in [3.63, 3.8) is 0 Å². The van der Waals surface area contributed by atoms with E-state index in [0.29, 0.717) is 42.6 Å². The van der Waals surface area contributed by atoms with Crippen LogP contribution in [0.1, 0.15) is 23.6 Å². The molecule has 1 unspecified atom stereocenters. The van der Waals surface area contributed by atoms with Crippen LogP contribution in [0.5, 0.6) is 0 Å². The number of carbonyl (C=O) groups excluding carboxylic acids is 2. The number of amides is 2. The fourth-order valence-corrected chi connectivity index (χ4v) is 4.88. The van der Waals surface area contributed by atoms with Gasteiger partial charge in [0, 0.05) is 51.1 Å². The van der Waals surface area contributed by atoms with E-state index in [-0.39, 0.29) is 36.2 Å². The predicted molar refractivity (Wildman–Crippen MR) is 136 cm³/mol. The highest BCUT2D eigenvalue weighted by molar-refractivity contribution is 7.78. The summed E-state index contributed by atoms with van der Waals surface area (Å²) < 4.78 is 23.1. The van der Waals surface area contributed by atoms with Gasteiger partial charge in [-0.2, -0.15) is 0 Å². The van der Waals surface area contributed by atoms with E-state index < -0.39 is 11.1 Å². The highest BCUT2D eigenvalue weighted by Gasteiger charge is 2.19. The number of piperazine rings is 1. The van der Waals surface area contributed by atoms with Gasteiger partial charge in [-0.25, -0.2) is 4.98 Å². The summed E-state index contributed by atoms with van der Waals surface area (Å²) in [5.74, 6) is -0.327. The van der Waals surface area contributed by atoms with Gasteiger partial charge >= 0.3 is 0 Å². The highest BCUT2D eigenvalue weighted by atomic mass is 32.2. The van der Waals surface area contributed by atoms with E-state index in [9.17, 15) is 23.1 Å². The largest absolute Gasteiger partial charge is 0.772 e. The standard InChI is InChI=1S/C25H29N5O5S/c1-17-11-19(3-4-20(17)15-36(34)35)13-26-24(32)14-30-16-27-23-6-5-21(12-22(23)25(30)33)29-9-7-28(8-10-29)18(2)31/h3-6,11-12,16H,7-10,13-15H2,1-2H3,(H,26,32)(H,34,35)/p-1. The molecule has 4 rings (SSSR count). The molecule has 1 aromatic heterocycles. The van der Waals surface area contributed by atoms with Gasteiger partial charge in [-0.05, 0) is 41.8 Å². The number of aromatic nitrogens is 2. The minimum absolute atomic E-state index is 0.0489. The van der Waals surface area contributed by atoms with Crippen molar-refractivity contribution in [1.29, 1.82) is 0 Å². The molecule has 10 nitrogen and oxygen atoms in total. The summed E-state index contributed by atoms with van der Waals surface area (Å²) in [7, 11) is 0. The van der Waals surface area contributed by atoms with Crippen molar-refractivity contribution in [3.05, 3.63) is 69.8 Å². The maximum Gasteiger partial charge on any atom is 0.261 e. The van der Waals surface area contributed by atoms with E-state index in [2.05, 4.69) is 15.2 Å². The first-order valence-electron chi connectivity index (χ1n) is 11.6. The second-order valence-corrected chi connectivity index (χ2v) is 9.75. The maximum atomic E-state index is 13.1. The lowest BCUT2D eigenvalue weighted by molar-refractivity contribution is -0.129. The Morgan fingerprint density at radius 2 is 1.86 bits per heavy atom. The Bertz CT molecular complexity index is 1380. The molecule has 1 atom stereocenters. The first-order valence-corrected chi connectivity index (χ1v) is 12.9. The summed E-state index contributed by atoms with van der Waals surface area (Å²) in [5.41, 5.74) is 3.51. The van der Waals surface area contributed by atoms with E-state index in [4.69, 9.17) is 0 Å². The molecule has 1 aliphatic heterocycles. The highest BCUT2D eigenvalue weighted by Crippen LogP contribution is 2.20. The van der Waals surface area contributed by atoms with Gasteiger partial charge in [0.15, 0.2) is 0 Å². The summed E-state index contributed by atoms with van der Waals surface area (Å²) >= 11 is -2.16. The number of carbonyl (C=O) groups is 2. The first kappa shape index (κ1) is 25.5. The molecule has 0 bridgehead atoms. The van der Waals surface area contributed by atoms with Gasteiger partial charge in [0.25, 0.3) is 5.56 Å². The molecule has 0 saturated carbocycles. The molecule has 11 heteroatoms. The van der Waals surface area contributed by atoms with Gasteiger partial charge in [0.2, 0.25) is 11.8 Å². The normalized spacial score (nSPS) is 14.6. The van der Waals surface area contributed by atoms with Gasteiger partial charge in [0.1, 0.15) is 6.54 Å². The minimum Gasteiger partial charge on any atom is -0.772 e. The van der Waals surface area contributed by atoms with E-state index >= 15 is 0 Å². The number of rotatable bonds is 7. The molecule has 1 saturated heterocycles. The number of fused-ring (bicyclic) bond motifs is 1. The van der Waals surface area contributed by atoms with Crippen LogP contribution in [-0.4, -0.2) is 61.2 Å². The zero-order valence-electron chi connectivity index (χ0n) is 20.2. The first-order chi connectivity index (χ1) is 17.2. The van der Waals surface area contributed by atoms with Crippen molar-refractivity contribution < 1.29 is 18.4 Å². The third kappa shape index (κ3) is 5.97. The second-order valence-electron chi connectivity index (χ2n) is 8.86. The molecular weight excluding hydrogens is 482 g/mol. The Morgan fingerprint density at radius 1 is 1.11 bits per heavy atom. The maximum absolute atomic E-state index is 13.1. The van der Waals surface area contributed by atoms with E-state index in [1.807, 2.05) is 19.1 Å². The summed E-state index contributed by atoms with van der Waals surface area (Å²) in [6.45, 7) is 6.09. The second kappa shape index (κ2) is 11.0. The monoisotopic (exact) mass is 510 g/mol. The van der Waals surface area contributed by atoms with Crippen LogP contribution in [0.15, 0.2) is 47.5 Å². The lowest BCUT2D eigenvalue weighted by Crippen LogP contribution is -2.48. The fraction of sp³-hybridized carbons (Fsp3) is 0.360. The predicted octanol–water partition coefficient (Wildman–Crippen LogP) is 1.07. The molecular formula is C25H28N5O5S-. The molecule has 36 heavy (non-hydrogen) atoms. The summed E-state index contributed by atoms with van der Waals surface area (Å²) in [6, 6.07) is 10.9. The topological polar surface area (TPSA) is 128 Å². The zero-order valence-corrected chi connectivity index (χ0v) is 21.0. The molecule has 1 fully saturated rings. The van der Waals surface area contributed by atoms with Crippen LogP contribution in [0.25, 0.3) is 10.9 Å². The van der Waals surface area contributed by atoms with Gasteiger partial charge in [-0.3, -0.25) is 23.2 Å². The molecule has 0 aliphatic carbocycles. The Labute approximate surface area is 211 Å². The molecule has 2 heterocycles. The molecule has 0 radical (unpaired) electrons. The fourth-order valence-electron chi connectivity index (χ4n) is 4.30. The molecule has 2 aromatic carbocycles. The molecule has 1 aliphatic rings.